The van der Waals surface area contributed by atoms with Crippen LogP contribution in [0, 0.1) is 5.82 Å². The van der Waals surface area contributed by atoms with Gasteiger partial charge in [0.2, 0.25) is 0 Å². The quantitative estimate of drug-likeness (QED) is 0.885. The second kappa shape index (κ2) is 5.43. The van der Waals surface area contributed by atoms with E-state index in [9.17, 15) is 9.18 Å². The van der Waals surface area contributed by atoms with E-state index in [-0.39, 0.29) is 11.8 Å². The van der Waals surface area contributed by atoms with Gasteiger partial charge in [-0.3, -0.25) is 5.32 Å². The first kappa shape index (κ1) is 14.8. The number of benzene rings is 1. The minimum atomic E-state index is -0.650. The summed E-state index contributed by atoms with van der Waals surface area (Å²) in [5.74, 6) is -0.229. The fourth-order valence-corrected chi connectivity index (χ4v) is 1.66. The minimum absolute atomic E-state index is 0.0440. The monoisotopic (exact) mass is 293 g/mol. The van der Waals surface area contributed by atoms with Crippen molar-refractivity contribution < 1.29 is 18.3 Å². The standard InChI is InChI=1S/C14H16FN3O3/c1-14(2,3)21-13(19)18-10-5-4-8(15)6-9(10)11-7-17-12(16)20-11/h4-7H,1-3H3,(H2,16,17)(H,18,19). The average Bonchev–Trinajstić information content (AvgIpc) is 2.75. The number of aromatic nitrogens is 1. The maximum Gasteiger partial charge on any atom is 0.412 e. The van der Waals surface area contributed by atoms with Crippen molar-refractivity contribution in [1.82, 2.24) is 4.98 Å². The number of hydrogen-bond acceptors (Lipinski definition) is 5. The van der Waals surface area contributed by atoms with Gasteiger partial charge in [-0.2, -0.15) is 0 Å². The largest absolute Gasteiger partial charge is 0.444 e. The lowest BCUT2D eigenvalue weighted by molar-refractivity contribution is 0.0636. The molecule has 1 heterocycles. The van der Waals surface area contributed by atoms with Gasteiger partial charge in [-0.05, 0) is 39.0 Å². The van der Waals surface area contributed by atoms with Gasteiger partial charge in [0.1, 0.15) is 11.4 Å². The first-order chi connectivity index (χ1) is 9.74. The molecule has 0 spiro atoms. The molecule has 1 aromatic carbocycles. The van der Waals surface area contributed by atoms with E-state index >= 15 is 0 Å². The molecular weight excluding hydrogens is 277 g/mol. The van der Waals surface area contributed by atoms with Crippen LogP contribution < -0.4 is 11.1 Å². The fraction of sp³-hybridized carbons (Fsp3) is 0.286. The second-order valence-corrected chi connectivity index (χ2v) is 5.38. The Labute approximate surface area is 121 Å². The summed E-state index contributed by atoms with van der Waals surface area (Å²) in [7, 11) is 0. The van der Waals surface area contributed by atoms with E-state index in [2.05, 4.69) is 10.3 Å². The van der Waals surface area contributed by atoms with Gasteiger partial charge in [0.05, 0.1) is 11.9 Å². The van der Waals surface area contributed by atoms with Gasteiger partial charge in [-0.25, -0.2) is 14.2 Å². The number of hydrogen-bond donors (Lipinski definition) is 2. The van der Waals surface area contributed by atoms with Gasteiger partial charge in [0, 0.05) is 5.56 Å². The summed E-state index contributed by atoms with van der Waals surface area (Å²) in [5.41, 5.74) is 5.43. The number of oxazole rings is 1. The molecule has 2 aromatic rings. The summed E-state index contributed by atoms with van der Waals surface area (Å²) in [6.07, 6.45) is 0.701. The summed E-state index contributed by atoms with van der Waals surface area (Å²) in [5, 5.41) is 2.55. The predicted octanol–water partition coefficient (Wildman–Crippen LogP) is 3.41. The van der Waals surface area contributed by atoms with Crippen molar-refractivity contribution in [2.24, 2.45) is 0 Å². The van der Waals surface area contributed by atoms with Crippen LogP contribution in [0.5, 0.6) is 0 Å². The van der Waals surface area contributed by atoms with Crippen LogP contribution >= 0.6 is 0 Å². The number of anilines is 2. The molecule has 0 radical (unpaired) electrons. The van der Waals surface area contributed by atoms with Crippen LogP contribution in [0.15, 0.2) is 28.8 Å². The van der Waals surface area contributed by atoms with E-state index in [0.717, 1.165) is 0 Å². The van der Waals surface area contributed by atoms with Crippen LogP contribution in [-0.4, -0.2) is 16.7 Å². The minimum Gasteiger partial charge on any atom is -0.444 e. The van der Waals surface area contributed by atoms with Gasteiger partial charge in [0.15, 0.2) is 5.76 Å². The normalized spacial score (nSPS) is 11.2. The van der Waals surface area contributed by atoms with Crippen molar-refractivity contribution in [3.63, 3.8) is 0 Å². The molecule has 1 amide bonds. The molecule has 0 saturated carbocycles. The molecule has 0 fully saturated rings. The highest BCUT2D eigenvalue weighted by molar-refractivity contribution is 5.90. The van der Waals surface area contributed by atoms with E-state index in [1.807, 2.05) is 0 Å². The summed E-state index contributed by atoms with van der Waals surface area (Å²) >= 11 is 0. The topological polar surface area (TPSA) is 90.4 Å². The van der Waals surface area contributed by atoms with E-state index in [4.69, 9.17) is 14.9 Å². The van der Waals surface area contributed by atoms with Crippen molar-refractivity contribution in [2.75, 3.05) is 11.1 Å². The number of rotatable bonds is 2. The van der Waals surface area contributed by atoms with E-state index in [1.54, 1.807) is 20.8 Å². The van der Waals surface area contributed by atoms with E-state index in [1.165, 1.54) is 24.4 Å². The third-order valence-electron chi connectivity index (χ3n) is 2.41. The summed E-state index contributed by atoms with van der Waals surface area (Å²) in [4.78, 5) is 15.6. The molecule has 0 aliphatic rings. The van der Waals surface area contributed by atoms with Crippen LogP contribution in [0.25, 0.3) is 11.3 Å². The van der Waals surface area contributed by atoms with Gasteiger partial charge in [-0.1, -0.05) is 0 Å². The zero-order chi connectivity index (χ0) is 15.6. The molecule has 3 N–H and O–H groups in total. The number of ether oxygens (including phenoxy) is 1. The zero-order valence-electron chi connectivity index (χ0n) is 11.9. The molecule has 7 heteroatoms. The Balaban J connectivity index is 2.30. The molecule has 0 bridgehead atoms. The van der Waals surface area contributed by atoms with Crippen molar-refractivity contribution >= 4 is 17.8 Å². The maximum absolute atomic E-state index is 13.4. The number of amides is 1. The number of carbonyl (C=O) groups excluding carboxylic acids is 1. The maximum atomic E-state index is 13.4. The Morgan fingerprint density at radius 3 is 2.71 bits per heavy atom. The van der Waals surface area contributed by atoms with Gasteiger partial charge in [0.25, 0.3) is 6.01 Å². The van der Waals surface area contributed by atoms with Crippen molar-refractivity contribution in [3.05, 3.63) is 30.2 Å². The average molecular weight is 293 g/mol. The Bertz CT molecular complexity index is 662. The summed E-state index contributed by atoms with van der Waals surface area (Å²) in [6.45, 7) is 5.24. The lowest BCUT2D eigenvalue weighted by Gasteiger charge is -2.20. The Morgan fingerprint density at radius 2 is 2.14 bits per heavy atom. The highest BCUT2D eigenvalue weighted by Gasteiger charge is 2.19. The van der Waals surface area contributed by atoms with Gasteiger partial charge in [-0.15, -0.1) is 0 Å². The number of nitrogens with two attached hydrogens (primary N) is 1. The highest BCUT2D eigenvalue weighted by Crippen LogP contribution is 2.30. The number of halogens is 1. The van der Waals surface area contributed by atoms with E-state index in [0.29, 0.717) is 11.3 Å². The van der Waals surface area contributed by atoms with Crippen molar-refractivity contribution in [1.29, 1.82) is 0 Å². The number of nitrogen functional groups attached to an aromatic ring is 1. The molecule has 21 heavy (non-hydrogen) atoms. The SMILES string of the molecule is CC(C)(C)OC(=O)Nc1ccc(F)cc1-c1cnc(N)o1. The third-order valence-corrected chi connectivity index (χ3v) is 2.41. The molecule has 0 aliphatic carbocycles. The van der Waals surface area contributed by atoms with Crippen LogP contribution in [0.4, 0.5) is 20.9 Å². The van der Waals surface area contributed by atoms with Crippen LogP contribution in [0.3, 0.4) is 0 Å². The zero-order valence-corrected chi connectivity index (χ0v) is 11.9. The first-order valence-corrected chi connectivity index (χ1v) is 6.26. The molecule has 0 saturated heterocycles. The van der Waals surface area contributed by atoms with Crippen molar-refractivity contribution in [2.45, 2.75) is 26.4 Å². The number of carbonyl (C=O) groups is 1. The molecule has 0 atom stereocenters. The van der Waals surface area contributed by atoms with Crippen LogP contribution in [0.1, 0.15) is 20.8 Å². The van der Waals surface area contributed by atoms with Crippen LogP contribution in [-0.2, 0) is 4.74 Å². The Kier molecular flexibility index (Phi) is 3.84. The fourth-order valence-electron chi connectivity index (χ4n) is 1.66. The Morgan fingerprint density at radius 1 is 1.43 bits per heavy atom. The molecule has 112 valence electrons. The Hall–Kier alpha value is -2.57. The van der Waals surface area contributed by atoms with Crippen LogP contribution in [0.2, 0.25) is 0 Å². The predicted molar refractivity (Wildman–Crippen MR) is 76.2 cm³/mol. The summed E-state index contributed by atoms with van der Waals surface area (Å²) < 4.78 is 23.7. The lowest BCUT2D eigenvalue weighted by atomic mass is 10.1. The highest BCUT2D eigenvalue weighted by atomic mass is 19.1. The van der Waals surface area contributed by atoms with Gasteiger partial charge < -0.3 is 14.9 Å². The smallest absolute Gasteiger partial charge is 0.412 e. The molecule has 6 nitrogen and oxygen atoms in total. The molecule has 0 aliphatic heterocycles. The summed E-state index contributed by atoms with van der Waals surface area (Å²) in [6, 6.07) is 3.80. The van der Waals surface area contributed by atoms with Crippen molar-refractivity contribution in [3.8, 4) is 11.3 Å². The lowest BCUT2D eigenvalue weighted by Crippen LogP contribution is -2.27. The first-order valence-electron chi connectivity index (χ1n) is 6.26. The number of nitrogens with zero attached hydrogens (tertiary/aromatic N) is 1. The molecule has 1 aromatic heterocycles. The second-order valence-electron chi connectivity index (χ2n) is 5.38. The van der Waals surface area contributed by atoms with Gasteiger partial charge >= 0.3 is 6.09 Å². The molecule has 0 unspecified atom stereocenters. The third kappa shape index (κ3) is 3.95. The molecular formula is C14H16FN3O3. The van der Waals surface area contributed by atoms with E-state index < -0.39 is 17.5 Å². The molecule has 2 rings (SSSR count). The number of nitrogens with one attached hydrogen (secondary N) is 1.